The molecule has 0 aliphatic heterocycles. The van der Waals surface area contributed by atoms with Gasteiger partial charge in [0, 0.05) is 80.9 Å². The first kappa shape index (κ1) is 71.9. The third-order valence-corrected chi connectivity index (χ3v) is 23.9. The predicted molar refractivity (Wildman–Crippen MR) is 334 cm³/mol. The molecule has 0 spiro atoms. The number of thioether (sulfide) groups is 3. The topological polar surface area (TPSA) is 279 Å². The van der Waals surface area contributed by atoms with Crippen LogP contribution in [0.1, 0.15) is 62.4 Å². The van der Waals surface area contributed by atoms with Crippen LogP contribution in [0.5, 0.6) is 0 Å². The zero-order chi connectivity index (χ0) is 55.2. The molecule has 0 aliphatic rings. The van der Waals surface area contributed by atoms with Gasteiger partial charge in [0.05, 0.1) is 41.2 Å². The Morgan fingerprint density at radius 2 is 1.01 bits per heavy atom. The predicted octanol–water partition coefficient (Wildman–Crippen LogP) is 8.82. The van der Waals surface area contributed by atoms with Crippen LogP contribution in [0.25, 0.3) is 22.1 Å². The summed E-state index contributed by atoms with van der Waals surface area (Å²) in [6, 6.07) is 0. The number of nitrogens with two attached hydrogens (primary N) is 3. The van der Waals surface area contributed by atoms with E-state index in [0.29, 0.717) is 76.8 Å². The summed E-state index contributed by atoms with van der Waals surface area (Å²) in [5.74, 6) is 4.09. The van der Waals surface area contributed by atoms with Crippen molar-refractivity contribution >= 4 is 142 Å². The van der Waals surface area contributed by atoms with Gasteiger partial charge in [0.15, 0.2) is 30.9 Å². The van der Waals surface area contributed by atoms with Crippen molar-refractivity contribution in [3.8, 4) is 0 Å². The molecule has 0 radical (unpaired) electrons. The van der Waals surface area contributed by atoms with Gasteiger partial charge in [-0.1, -0.05) is 104 Å². The Morgan fingerprint density at radius 1 is 0.590 bits per heavy atom. The maximum absolute atomic E-state index is 10.9. The second-order valence-corrected chi connectivity index (χ2v) is 31.0. The number of aryl methyl sites for hydroxylation is 5. The van der Waals surface area contributed by atoms with E-state index in [9.17, 15) is 4.79 Å². The number of fused-ring (bicyclic) bond motifs is 4. The van der Waals surface area contributed by atoms with Gasteiger partial charge >= 0.3 is 41.8 Å². The zero-order valence-corrected chi connectivity index (χ0v) is 52.4. The van der Waals surface area contributed by atoms with Gasteiger partial charge in [-0.05, 0) is 53.4 Å². The van der Waals surface area contributed by atoms with Crippen molar-refractivity contribution in [2.45, 2.75) is 80.3 Å². The molecule has 0 fully saturated rings. The van der Waals surface area contributed by atoms with E-state index in [-0.39, 0.29) is 27.5 Å². The molecule has 78 heavy (non-hydrogen) atoms. The van der Waals surface area contributed by atoms with Crippen LogP contribution in [0.4, 0.5) is 16.4 Å². The van der Waals surface area contributed by atoms with Gasteiger partial charge < -0.3 is 22.5 Å². The van der Waals surface area contributed by atoms with Crippen LogP contribution in [-0.4, -0.2) is 101 Å². The Balaban J connectivity index is 0.000000459. The van der Waals surface area contributed by atoms with Crippen molar-refractivity contribution in [1.29, 1.82) is 0 Å². The van der Waals surface area contributed by atoms with Gasteiger partial charge in [-0.2, -0.15) is 0 Å². The van der Waals surface area contributed by atoms with E-state index in [4.69, 9.17) is 63.6 Å². The normalized spacial score (nSPS) is 10.1. The second-order valence-electron chi connectivity index (χ2n) is 14.2. The quantitative estimate of drug-likeness (QED) is 0.0687. The Kier molecular flexibility index (Phi) is 34.1. The van der Waals surface area contributed by atoms with Crippen molar-refractivity contribution in [3.63, 3.8) is 0 Å². The number of carbonyl (C=O) groups excluding carboxylic acids is 1. The number of nitrogens with zero attached hydrogens (tertiary/aromatic N) is 16. The van der Waals surface area contributed by atoms with Crippen LogP contribution in [0.15, 0.2) is 90.9 Å². The minimum absolute atomic E-state index is 0. The molecule has 0 bridgehead atoms. The van der Waals surface area contributed by atoms with E-state index >= 15 is 0 Å². The van der Waals surface area contributed by atoms with Gasteiger partial charge in [-0.3, -0.25) is 32.4 Å². The number of halogens is 5. The van der Waals surface area contributed by atoms with Gasteiger partial charge in [0.2, 0.25) is 0 Å². The number of aromatic nitrogens is 16. The molecule has 7 N–H and O–H groups in total. The summed E-state index contributed by atoms with van der Waals surface area (Å²) in [7, 11) is 2.71. The molecule has 32 heteroatoms. The van der Waals surface area contributed by atoms with Gasteiger partial charge in [-0.25, -0.2) is 49.8 Å². The maximum atomic E-state index is 10.9. The number of imidazole rings is 4. The summed E-state index contributed by atoms with van der Waals surface area (Å²) in [6.07, 6.45) is 27.7. The number of carbonyl (C=O) groups is 1. The summed E-state index contributed by atoms with van der Waals surface area (Å²) in [5, 5.41) is 6.09. The first-order valence-corrected chi connectivity index (χ1v) is 36.6. The standard InChI is InChI=1S/C8H8ClN3S.2C8H10N4.C7H8ClN3OS.C7H6ClN3S.C5H6ClN3.3CH4.H5IP3/c1-5-6-7(9)10-3-4-12(6)8(11-5)13-2;2*1-5-7-8(9)10-3-4-12(7)6(2)11-5;1-13-7(12)11-4-5-6(8)10-3-2-9-5;1-12-7-10-4-5-6(8)9-2-3-11(5)7;6-5-4(3-7)8-1-2-9-5;;;;2-1-4-3/h3-4H,1-2H3;2*3-4H,1-2H3,(H2,9,10);2-3H,4H2,1H3,(H,11,12);2-4H,1H3;1-2H,3,7H2;3*1H4;4H,2-3H2/q;;;;;;;;;-1. The molecular weight excluding hydrogens is 1310 g/mol. The fraction of sp³-hybridized carbons (Fsp3) is 0.283. The number of hydrogen-bond donors (Lipinski definition) is 4. The third-order valence-electron chi connectivity index (χ3n) is 9.55. The van der Waals surface area contributed by atoms with E-state index in [1.54, 1.807) is 67.0 Å². The molecule has 424 valence electrons. The zero-order valence-electron chi connectivity index (χ0n) is 41.5. The van der Waals surface area contributed by atoms with Crippen molar-refractivity contribution in [1.82, 2.24) is 82.7 Å². The van der Waals surface area contributed by atoms with Crippen molar-refractivity contribution in [2.24, 2.45) is 5.73 Å². The third kappa shape index (κ3) is 20.5. The second kappa shape index (κ2) is 37.0. The molecule has 0 saturated carbocycles. The van der Waals surface area contributed by atoms with E-state index in [0.717, 1.165) is 78.8 Å². The van der Waals surface area contributed by atoms with E-state index in [2.05, 4.69) is 80.9 Å². The van der Waals surface area contributed by atoms with Crippen LogP contribution in [0.3, 0.4) is 0 Å². The SMILES string of the molecule is C.C.C.CSC(=O)NCc1nccnc1Cl.CSc1nc(C)c2c(Cl)nccn12.CSc1ncc2c(Cl)nccn12.Cc1nc(C)n2ccnc(N)c12.Cc1nc(C)n2ccnc(N)c12.NCc1nccnc1Cl.PP[I-]P. The Bertz CT molecular complexity index is 3340. The van der Waals surface area contributed by atoms with Crippen LogP contribution in [-0.2, 0) is 13.1 Å². The van der Waals surface area contributed by atoms with Gasteiger partial charge in [0.1, 0.15) is 45.4 Å². The molecular formula is C46H65Cl4IN20OP3S3-. The van der Waals surface area contributed by atoms with Crippen molar-refractivity contribution in [2.75, 3.05) is 30.2 Å². The molecule has 10 rings (SSSR count). The summed E-state index contributed by atoms with van der Waals surface area (Å²) >= 11 is 27.9. The summed E-state index contributed by atoms with van der Waals surface area (Å²) in [6.45, 7) is 13.1. The number of anilines is 2. The Labute approximate surface area is 503 Å². The molecule has 10 heterocycles. The fourth-order valence-electron chi connectivity index (χ4n) is 6.32. The average molecular weight is 1370 g/mol. The average Bonchev–Trinajstić information content (AvgIpc) is 4.16. The Hall–Kier alpha value is -4.10. The molecule has 0 saturated heterocycles. The first-order chi connectivity index (χ1) is 36.0. The molecule has 1 amide bonds. The number of nitrogen functional groups attached to an aromatic ring is 2. The summed E-state index contributed by atoms with van der Waals surface area (Å²) in [4.78, 5) is 59.4. The molecule has 0 aromatic carbocycles. The Morgan fingerprint density at radius 3 is 1.45 bits per heavy atom. The summed E-state index contributed by atoms with van der Waals surface area (Å²) < 4.78 is 7.75. The summed E-state index contributed by atoms with van der Waals surface area (Å²) in [5.41, 5.74) is 24.2. The first-order valence-electron chi connectivity index (χ1n) is 21.3. The number of rotatable bonds is 6. The number of nitrogens with one attached hydrogen (secondary N) is 1. The van der Waals surface area contributed by atoms with Crippen LogP contribution >= 0.6 is 103 Å². The van der Waals surface area contributed by atoms with Gasteiger partial charge in [-0.15, -0.1) is 0 Å². The fourth-order valence-corrected chi connectivity index (χ4v) is 8.46. The van der Waals surface area contributed by atoms with E-state index < -0.39 is 0 Å². The monoisotopic (exact) mass is 1370 g/mol. The molecule has 3 unspecified atom stereocenters. The van der Waals surface area contributed by atoms with Crippen LogP contribution in [0, 0.1) is 34.6 Å². The molecule has 3 atom stereocenters. The molecule has 21 nitrogen and oxygen atoms in total. The molecule has 10 aromatic rings. The van der Waals surface area contributed by atoms with E-state index in [1.165, 1.54) is 18.6 Å². The van der Waals surface area contributed by atoms with Crippen molar-refractivity contribution < 1.29 is 24.9 Å². The molecule has 0 aliphatic carbocycles. The van der Waals surface area contributed by atoms with E-state index in [1.807, 2.05) is 89.5 Å². The molecule has 10 aromatic heterocycles. The number of amides is 1. The van der Waals surface area contributed by atoms with Crippen LogP contribution < -0.4 is 42.6 Å². The van der Waals surface area contributed by atoms with Crippen molar-refractivity contribution in [3.05, 3.63) is 141 Å². The minimum atomic E-state index is -0.110. The number of hydrogen-bond acceptors (Lipinski definition) is 19. The van der Waals surface area contributed by atoms with Crippen LogP contribution in [0.2, 0.25) is 20.6 Å². The van der Waals surface area contributed by atoms with Gasteiger partial charge in [0.25, 0.3) is 5.24 Å².